The minimum atomic E-state index is -0.533. The molecule has 1 aliphatic rings. The van der Waals surface area contributed by atoms with Gasteiger partial charge in [-0.25, -0.2) is 4.79 Å². The van der Waals surface area contributed by atoms with Crippen LogP contribution in [0.4, 0.5) is 5.69 Å². The molecule has 124 valence electrons. The smallest absolute Gasteiger partial charge is 0.335 e. The molecule has 0 aromatic heterocycles. The van der Waals surface area contributed by atoms with E-state index < -0.39 is 12.1 Å². The Kier molecular flexibility index (Phi) is 5.23. The lowest BCUT2D eigenvalue weighted by Crippen LogP contribution is -2.27. The van der Waals surface area contributed by atoms with E-state index in [1.54, 1.807) is 0 Å². The highest BCUT2D eigenvalue weighted by Gasteiger charge is 2.25. The van der Waals surface area contributed by atoms with Crippen molar-refractivity contribution in [1.29, 1.82) is 0 Å². The van der Waals surface area contributed by atoms with Gasteiger partial charge >= 0.3 is 5.97 Å². The van der Waals surface area contributed by atoms with E-state index in [4.69, 9.17) is 9.47 Å². The first-order chi connectivity index (χ1) is 11.7. The Morgan fingerprint density at radius 1 is 1.08 bits per heavy atom. The molecule has 24 heavy (non-hydrogen) atoms. The lowest BCUT2D eigenvalue weighted by molar-refractivity contribution is -0.156. The minimum absolute atomic E-state index is 0.318. The number of carbonyl (C=O) groups excluding carboxylic acids is 2. The van der Waals surface area contributed by atoms with E-state index in [1.807, 2.05) is 54.6 Å². The minimum Gasteiger partial charge on any atom is -0.454 e. The molecule has 1 saturated heterocycles. The molecule has 1 atom stereocenters. The van der Waals surface area contributed by atoms with Crippen molar-refractivity contribution in [3.8, 4) is 11.1 Å². The third kappa shape index (κ3) is 4.00. The first-order valence-corrected chi connectivity index (χ1v) is 7.96. The summed E-state index contributed by atoms with van der Waals surface area (Å²) in [5.41, 5.74) is 2.60. The number of hydrogen-bond acceptors (Lipinski definition) is 4. The van der Waals surface area contributed by atoms with Gasteiger partial charge < -0.3 is 14.8 Å². The number of nitrogens with one attached hydrogen (secondary N) is 1. The normalized spacial score (nSPS) is 16.6. The Hall–Kier alpha value is -2.66. The molecule has 3 rings (SSSR count). The fourth-order valence-electron chi connectivity index (χ4n) is 2.64. The van der Waals surface area contributed by atoms with E-state index in [2.05, 4.69) is 5.32 Å². The molecule has 1 N–H and O–H groups in total. The molecule has 5 nitrogen and oxygen atoms in total. The van der Waals surface area contributed by atoms with Gasteiger partial charge in [-0.15, -0.1) is 0 Å². The molecule has 0 unspecified atom stereocenters. The molecule has 1 amide bonds. The molecule has 0 radical (unpaired) electrons. The maximum Gasteiger partial charge on any atom is 0.335 e. The number of amides is 1. The van der Waals surface area contributed by atoms with Crippen molar-refractivity contribution >= 4 is 17.6 Å². The molecule has 1 fully saturated rings. The lowest BCUT2D eigenvalue weighted by Gasteiger charge is -2.12. The van der Waals surface area contributed by atoms with E-state index in [9.17, 15) is 9.59 Å². The number of anilines is 1. The standard InChI is InChI=1S/C19H19NO4/c21-18(13-24-19(22)17-11-6-12-23-17)20-16-10-5-4-9-15(16)14-7-2-1-3-8-14/h1-5,7-10,17H,6,11-13H2,(H,20,21)/t17-/m1/s1. The predicted molar refractivity (Wildman–Crippen MR) is 90.4 cm³/mol. The summed E-state index contributed by atoms with van der Waals surface area (Å²) in [4.78, 5) is 23.8. The fourth-order valence-corrected chi connectivity index (χ4v) is 2.64. The summed E-state index contributed by atoms with van der Waals surface area (Å²) in [6, 6.07) is 17.3. The molecule has 1 aliphatic heterocycles. The maximum atomic E-state index is 12.1. The topological polar surface area (TPSA) is 64.6 Å². The molecule has 0 spiro atoms. The molecule has 1 heterocycles. The van der Waals surface area contributed by atoms with Crippen LogP contribution in [0, 0.1) is 0 Å². The first-order valence-electron chi connectivity index (χ1n) is 7.96. The molecule has 0 saturated carbocycles. The number of esters is 1. The van der Waals surface area contributed by atoms with Gasteiger partial charge in [0.15, 0.2) is 12.7 Å². The highest BCUT2D eigenvalue weighted by atomic mass is 16.6. The van der Waals surface area contributed by atoms with E-state index >= 15 is 0 Å². The van der Waals surface area contributed by atoms with Crippen LogP contribution in [0.5, 0.6) is 0 Å². The SMILES string of the molecule is O=C(COC(=O)[C@H]1CCCO1)Nc1ccccc1-c1ccccc1. The number of para-hydroxylation sites is 1. The van der Waals surface area contributed by atoms with Crippen LogP contribution >= 0.6 is 0 Å². The van der Waals surface area contributed by atoms with Crippen molar-refractivity contribution in [3.63, 3.8) is 0 Å². The van der Waals surface area contributed by atoms with Crippen LogP contribution in [0.2, 0.25) is 0 Å². The summed E-state index contributed by atoms with van der Waals surface area (Å²) in [6.45, 7) is 0.248. The molecule has 0 bridgehead atoms. The number of benzene rings is 2. The summed E-state index contributed by atoms with van der Waals surface area (Å²) in [5, 5.41) is 2.80. The van der Waals surface area contributed by atoms with Gasteiger partial charge in [-0.1, -0.05) is 48.5 Å². The third-order valence-electron chi connectivity index (χ3n) is 3.82. The van der Waals surface area contributed by atoms with Crippen LogP contribution in [-0.4, -0.2) is 31.2 Å². The second-order valence-electron chi connectivity index (χ2n) is 5.57. The van der Waals surface area contributed by atoms with Crippen LogP contribution in [0.3, 0.4) is 0 Å². The molecular weight excluding hydrogens is 306 g/mol. The Morgan fingerprint density at radius 3 is 2.58 bits per heavy atom. The monoisotopic (exact) mass is 325 g/mol. The van der Waals surface area contributed by atoms with E-state index in [0.717, 1.165) is 17.5 Å². The van der Waals surface area contributed by atoms with Crippen molar-refractivity contribution in [2.24, 2.45) is 0 Å². The van der Waals surface area contributed by atoms with Gasteiger partial charge in [0.1, 0.15) is 0 Å². The number of carbonyl (C=O) groups is 2. The third-order valence-corrected chi connectivity index (χ3v) is 3.82. The zero-order chi connectivity index (χ0) is 16.8. The summed E-state index contributed by atoms with van der Waals surface area (Å²) >= 11 is 0. The van der Waals surface area contributed by atoms with Gasteiger partial charge in [0, 0.05) is 17.9 Å². The largest absolute Gasteiger partial charge is 0.454 e. The zero-order valence-electron chi connectivity index (χ0n) is 13.2. The fraction of sp³-hybridized carbons (Fsp3) is 0.263. The van der Waals surface area contributed by atoms with E-state index in [-0.39, 0.29) is 12.5 Å². The van der Waals surface area contributed by atoms with E-state index in [0.29, 0.717) is 18.7 Å². The van der Waals surface area contributed by atoms with Gasteiger partial charge in [-0.05, 0) is 24.5 Å². The highest BCUT2D eigenvalue weighted by molar-refractivity contribution is 5.97. The maximum absolute atomic E-state index is 12.1. The average molecular weight is 325 g/mol. The van der Waals surface area contributed by atoms with Crippen LogP contribution in [0.15, 0.2) is 54.6 Å². The van der Waals surface area contributed by atoms with Crippen molar-refractivity contribution < 1.29 is 19.1 Å². The van der Waals surface area contributed by atoms with Crippen LogP contribution in [0.1, 0.15) is 12.8 Å². The van der Waals surface area contributed by atoms with Gasteiger partial charge in [0.05, 0.1) is 0 Å². The van der Waals surface area contributed by atoms with Crippen LogP contribution in [0.25, 0.3) is 11.1 Å². The summed E-state index contributed by atoms with van der Waals surface area (Å²) < 4.78 is 10.3. The molecule has 2 aromatic carbocycles. The lowest BCUT2D eigenvalue weighted by atomic mass is 10.0. The van der Waals surface area contributed by atoms with Crippen molar-refractivity contribution in [2.45, 2.75) is 18.9 Å². The summed E-state index contributed by atoms with van der Waals surface area (Å²) in [6.07, 6.45) is 0.961. The van der Waals surface area contributed by atoms with Crippen LogP contribution in [-0.2, 0) is 19.1 Å². The zero-order valence-corrected chi connectivity index (χ0v) is 13.2. The second-order valence-corrected chi connectivity index (χ2v) is 5.57. The Morgan fingerprint density at radius 2 is 1.83 bits per heavy atom. The Balaban J connectivity index is 1.61. The van der Waals surface area contributed by atoms with Gasteiger partial charge in [0.25, 0.3) is 5.91 Å². The van der Waals surface area contributed by atoms with Crippen molar-refractivity contribution in [1.82, 2.24) is 0 Å². The van der Waals surface area contributed by atoms with Gasteiger partial charge in [0.2, 0.25) is 0 Å². The number of ether oxygens (including phenoxy) is 2. The molecular formula is C19H19NO4. The predicted octanol–water partition coefficient (Wildman–Crippen LogP) is 3.01. The quantitative estimate of drug-likeness (QED) is 0.858. The number of rotatable bonds is 5. The number of hydrogen-bond donors (Lipinski definition) is 1. The van der Waals surface area contributed by atoms with Crippen molar-refractivity contribution in [3.05, 3.63) is 54.6 Å². The van der Waals surface area contributed by atoms with E-state index in [1.165, 1.54) is 0 Å². The molecule has 0 aliphatic carbocycles. The van der Waals surface area contributed by atoms with Crippen LogP contribution < -0.4 is 5.32 Å². The Labute approximate surface area is 140 Å². The molecule has 5 heteroatoms. The summed E-state index contributed by atoms with van der Waals surface area (Å²) in [5.74, 6) is -0.844. The average Bonchev–Trinajstić information content (AvgIpc) is 3.16. The van der Waals surface area contributed by atoms with Gasteiger partial charge in [-0.3, -0.25) is 4.79 Å². The summed E-state index contributed by atoms with van der Waals surface area (Å²) in [7, 11) is 0. The molecule has 2 aromatic rings. The first kappa shape index (κ1) is 16.2. The van der Waals surface area contributed by atoms with Gasteiger partial charge in [-0.2, -0.15) is 0 Å². The van der Waals surface area contributed by atoms with Crippen molar-refractivity contribution in [2.75, 3.05) is 18.5 Å². The second kappa shape index (κ2) is 7.75. The Bertz CT molecular complexity index is 708. The highest BCUT2D eigenvalue weighted by Crippen LogP contribution is 2.27.